The molecule has 0 saturated carbocycles. The molecule has 3 rings (SSSR count). The molecule has 0 fully saturated rings. The molecule has 2 aromatic carbocycles. The number of benzene rings is 2. The van der Waals surface area contributed by atoms with Crippen LogP contribution in [-0.4, -0.2) is 14.8 Å². The maximum Gasteiger partial charge on any atom is 0.416 e. The summed E-state index contributed by atoms with van der Waals surface area (Å²) in [7, 11) is 1.81. The quantitative estimate of drug-likeness (QED) is 0.552. The topological polar surface area (TPSA) is 39.9 Å². The van der Waals surface area contributed by atoms with Crippen LogP contribution in [0.4, 0.5) is 13.2 Å². The van der Waals surface area contributed by atoms with Crippen molar-refractivity contribution in [2.75, 3.05) is 0 Å². The molecule has 0 bridgehead atoms. The third-order valence-corrected chi connectivity index (χ3v) is 5.00. The number of alkyl halides is 3. The highest BCUT2D eigenvalue weighted by Crippen LogP contribution is 2.31. The van der Waals surface area contributed by atoms with Crippen LogP contribution in [0.25, 0.3) is 0 Å². The van der Waals surface area contributed by atoms with Crippen molar-refractivity contribution in [3.63, 3.8) is 0 Å². The van der Waals surface area contributed by atoms with Gasteiger partial charge in [0.2, 0.25) is 0 Å². The van der Waals surface area contributed by atoms with E-state index in [-0.39, 0.29) is 6.61 Å². The van der Waals surface area contributed by atoms with Gasteiger partial charge in [-0.3, -0.25) is 0 Å². The second kappa shape index (κ2) is 8.04. The zero-order valence-corrected chi connectivity index (χ0v) is 15.6. The van der Waals surface area contributed by atoms with Gasteiger partial charge in [-0.15, -0.1) is 10.2 Å². The Bertz CT molecular complexity index is 925. The summed E-state index contributed by atoms with van der Waals surface area (Å²) in [6.07, 6.45) is -4.34. The lowest BCUT2D eigenvalue weighted by atomic mass is 10.1. The Balaban J connectivity index is 1.62. The summed E-state index contributed by atoms with van der Waals surface area (Å²) >= 11 is 1.33. The Morgan fingerprint density at radius 2 is 1.85 bits per heavy atom. The van der Waals surface area contributed by atoms with Crippen molar-refractivity contribution in [2.45, 2.75) is 30.6 Å². The Morgan fingerprint density at radius 3 is 2.59 bits per heavy atom. The second-order valence-corrected chi connectivity index (χ2v) is 6.99. The van der Waals surface area contributed by atoms with E-state index in [1.54, 1.807) is 10.6 Å². The van der Waals surface area contributed by atoms with Crippen molar-refractivity contribution in [1.29, 1.82) is 0 Å². The number of aromatic nitrogens is 3. The molecular formula is C19H18F3N3OS. The van der Waals surface area contributed by atoms with E-state index in [2.05, 4.69) is 10.2 Å². The molecule has 0 spiro atoms. The summed E-state index contributed by atoms with van der Waals surface area (Å²) in [5.41, 5.74) is 1.03. The summed E-state index contributed by atoms with van der Waals surface area (Å²) < 4.78 is 45.9. The molecule has 0 saturated heterocycles. The Morgan fingerprint density at radius 1 is 1.07 bits per heavy atom. The highest BCUT2D eigenvalue weighted by molar-refractivity contribution is 7.98. The maximum atomic E-state index is 12.8. The number of nitrogens with zero attached hydrogens (tertiary/aromatic N) is 3. The van der Waals surface area contributed by atoms with Crippen molar-refractivity contribution in [3.8, 4) is 5.75 Å². The zero-order chi connectivity index (χ0) is 19.4. The van der Waals surface area contributed by atoms with E-state index in [1.165, 1.54) is 17.8 Å². The monoisotopic (exact) mass is 393 g/mol. The first-order valence-corrected chi connectivity index (χ1v) is 9.18. The van der Waals surface area contributed by atoms with Crippen molar-refractivity contribution in [3.05, 3.63) is 71.0 Å². The number of hydrogen-bond donors (Lipinski definition) is 0. The maximum absolute atomic E-state index is 12.8. The molecule has 0 aliphatic rings. The van der Waals surface area contributed by atoms with E-state index in [0.29, 0.717) is 22.3 Å². The van der Waals surface area contributed by atoms with Gasteiger partial charge in [-0.2, -0.15) is 13.2 Å². The smallest absolute Gasteiger partial charge is 0.416 e. The van der Waals surface area contributed by atoms with Crippen LogP contribution in [0.2, 0.25) is 0 Å². The van der Waals surface area contributed by atoms with E-state index in [9.17, 15) is 13.2 Å². The second-order valence-electron chi connectivity index (χ2n) is 6.05. The van der Waals surface area contributed by atoms with Crippen LogP contribution >= 0.6 is 11.8 Å². The van der Waals surface area contributed by atoms with Gasteiger partial charge in [0.05, 0.1) is 5.56 Å². The molecule has 27 heavy (non-hydrogen) atoms. The van der Waals surface area contributed by atoms with Gasteiger partial charge < -0.3 is 9.30 Å². The number of hydrogen-bond acceptors (Lipinski definition) is 4. The standard InChI is InChI=1S/C19H18F3N3OS/c1-13-5-3-8-16(9-13)26-11-17-23-24-18(25(17)2)27-12-14-6-4-7-15(10-14)19(20,21)22/h3-10H,11-12H2,1-2H3. The number of rotatable bonds is 6. The van der Waals surface area contributed by atoms with Crippen LogP contribution in [0.3, 0.4) is 0 Å². The van der Waals surface area contributed by atoms with Crippen molar-refractivity contribution in [1.82, 2.24) is 14.8 Å². The largest absolute Gasteiger partial charge is 0.486 e. The van der Waals surface area contributed by atoms with Crippen molar-refractivity contribution >= 4 is 11.8 Å². The molecule has 1 heterocycles. The summed E-state index contributed by atoms with van der Waals surface area (Å²) in [6, 6.07) is 13.0. The molecule has 3 aromatic rings. The van der Waals surface area contributed by atoms with Gasteiger partial charge >= 0.3 is 6.18 Å². The minimum Gasteiger partial charge on any atom is -0.486 e. The number of halogens is 3. The third kappa shape index (κ3) is 5.03. The Labute approximate surface area is 159 Å². The molecule has 1 aromatic heterocycles. The lowest BCUT2D eigenvalue weighted by Crippen LogP contribution is -2.05. The van der Waals surface area contributed by atoms with Gasteiger partial charge in [-0.25, -0.2) is 0 Å². The van der Waals surface area contributed by atoms with E-state index < -0.39 is 11.7 Å². The molecule has 0 aliphatic carbocycles. The summed E-state index contributed by atoms with van der Waals surface area (Å²) in [5, 5.41) is 8.84. The van der Waals surface area contributed by atoms with E-state index in [4.69, 9.17) is 4.74 Å². The Kier molecular flexibility index (Phi) is 5.74. The van der Waals surface area contributed by atoms with E-state index in [1.807, 2.05) is 38.2 Å². The van der Waals surface area contributed by atoms with Crippen LogP contribution in [0.1, 0.15) is 22.5 Å². The molecule has 0 N–H and O–H groups in total. The normalized spacial score (nSPS) is 11.6. The molecule has 0 unspecified atom stereocenters. The van der Waals surface area contributed by atoms with Crippen molar-refractivity contribution < 1.29 is 17.9 Å². The van der Waals surface area contributed by atoms with Gasteiger partial charge in [0.1, 0.15) is 12.4 Å². The van der Waals surface area contributed by atoms with Gasteiger partial charge in [0, 0.05) is 12.8 Å². The minimum absolute atomic E-state index is 0.261. The molecule has 0 radical (unpaired) electrons. The fraction of sp³-hybridized carbons (Fsp3) is 0.263. The summed E-state index contributed by atoms with van der Waals surface area (Å²) in [4.78, 5) is 0. The number of ether oxygens (including phenoxy) is 1. The van der Waals surface area contributed by atoms with Gasteiger partial charge in [0.15, 0.2) is 11.0 Å². The number of aryl methyl sites for hydroxylation is 1. The first-order chi connectivity index (χ1) is 12.8. The average Bonchev–Trinajstić information content (AvgIpc) is 2.98. The van der Waals surface area contributed by atoms with Gasteiger partial charge in [-0.1, -0.05) is 42.1 Å². The first kappa shape index (κ1) is 19.3. The lowest BCUT2D eigenvalue weighted by molar-refractivity contribution is -0.137. The molecule has 8 heteroatoms. The van der Waals surface area contributed by atoms with Crippen LogP contribution in [0.15, 0.2) is 53.7 Å². The molecular weight excluding hydrogens is 375 g/mol. The van der Waals surface area contributed by atoms with Crippen LogP contribution in [0.5, 0.6) is 5.75 Å². The predicted octanol–water partition coefficient (Wildman–Crippen LogP) is 5.01. The molecule has 4 nitrogen and oxygen atoms in total. The van der Waals surface area contributed by atoms with Crippen LogP contribution in [0, 0.1) is 6.92 Å². The molecule has 0 atom stereocenters. The molecule has 0 aliphatic heterocycles. The van der Waals surface area contributed by atoms with E-state index in [0.717, 1.165) is 23.4 Å². The van der Waals surface area contributed by atoms with Crippen LogP contribution in [-0.2, 0) is 25.6 Å². The molecule has 142 valence electrons. The average molecular weight is 393 g/mol. The molecule has 0 amide bonds. The summed E-state index contributed by atoms with van der Waals surface area (Å²) in [5.74, 6) is 1.76. The van der Waals surface area contributed by atoms with Gasteiger partial charge in [-0.05, 0) is 36.2 Å². The first-order valence-electron chi connectivity index (χ1n) is 8.19. The zero-order valence-electron chi connectivity index (χ0n) is 14.8. The highest BCUT2D eigenvalue weighted by Gasteiger charge is 2.30. The minimum atomic E-state index is -4.34. The third-order valence-electron chi connectivity index (χ3n) is 3.90. The lowest BCUT2D eigenvalue weighted by Gasteiger charge is -2.09. The summed E-state index contributed by atoms with van der Waals surface area (Å²) in [6.45, 7) is 2.24. The Hall–Kier alpha value is -2.48. The fourth-order valence-corrected chi connectivity index (χ4v) is 3.31. The number of thioether (sulfide) groups is 1. The van der Waals surface area contributed by atoms with Crippen LogP contribution < -0.4 is 4.74 Å². The van der Waals surface area contributed by atoms with E-state index >= 15 is 0 Å². The predicted molar refractivity (Wildman–Crippen MR) is 97.5 cm³/mol. The fourth-order valence-electron chi connectivity index (χ4n) is 2.43. The van der Waals surface area contributed by atoms with Gasteiger partial charge in [0.25, 0.3) is 0 Å². The van der Waals surface area contributed by atoms with Crippen molar-refractivity contribution in [2.24, 2.45) is 7.05 Å². The highest BCUT2D eigenvalue weighted by atomic mass is 32.2. The SMILES string of the molecule is Cc1cccc(OCc2nnc(SCc3cccc(C(F)(F)F)c3)n2C)c1.